The molecule has 0 radical (unpaired) electrons. The van der Waals surface area contributed by atoms with Gasteiger partial charge in [-0.2, -0.15) is 19.6 Å². The number of hydrogen-bond acceptors (Lipinski definition) is 9. The molecular formula is C23H36N8O3S. The molecule has 0 aliphatic carbocycles. The molecule has 0 fully saturated rings. The van der Waals surface area contributed by atoms with Crippen LogP contribution in [0.15, 0.2) is 30.5 Å². The van der Waals surface area contributed by atoms with E-state index < -0.39 is 10.0 Å². The minimum absolute atomic E-state index is 0.222. The second-order valence-electron chi connectivity index (χ2n) is 9.16. The Morgan fingerprint density at radius 3 is 2.51 bits per heavy atom. The van der Waals surface area contributed by atoms with E-state index in [9.17, 15) is 8.42 Å². The summed E-state index contributed by atoms with van der Waals surface area (Å²) in [5, 5.41) is 7.75. The summed E-state index contributed by atoms with van der Waals surface area (Å²) in [6, 6.07) is 7.48. The van der Waals surface area contributed by atoms with Crippen molar-refractivity contribution in [2.45, 2.75) is 26.3 Å². The number of rotatable bonds is 13. The van der Waals surface area contributed by atoms with Gasteiger partial charge in [-0.3, -0.25) is 4.72 Å². The summed E-state index contributed by atoms with van der Waals surface area (Å²) in [5.41, 5.74) is 2.94. The molecule has 12 heteroatoms. The maximum Gasteiger partial charge on any atom is 0.321 e. The predicted molar refractivity (Wildman–Crippen MR) is 139 cm³/mol. The maximum absolute atomic E-state index is 11.7. The Labute approximate surface area is 207 Å². The van der Waals surface area contributed by atoms with E-state index in [1.165, 1.54) is 0 Å². The lowest BCUT2D eigenvalue weighted by molar-refractivity contribution is 0.213. The van der Waals surface area contributed by atoms with Crippen LogP contribution >= 0.6 is 0 Å². The molecule has 0 spiro atoms. The number of fused-ring (bicyclic) bond motifs is 1. The van der Waals surface area contributed by atoms with Crippen LogP contribution in [0.2, 0.25) is 0 Å². The number of nitrogens with zero attached hydrogens (tertiary/aromatic N) is 6. The Hall–Kier alpha value is -2.96. The average molecular weight is 505 g/mol. The molecule has 11 nitrogen and oxygen atoms in total. The van der Waals surface area contributed by atoms with Gasteiger partial charge in [0.1, 0.15) is 6.61 Å². The predicted octanol–water partition coefficient (Wildman–Crippen LogP) is 2.10. The van der Waals surface area contributed by atoms with Crippen LogP contribution in [0.1, 0.15) is 30.9 Å². The van der Waals surface area contributed by atoms with Crippen LogP contribution in [0.3, 0.4) is 0 Å². The molecule has 0 unspecified atom stereocenters. The molecule has 35 heavy (non-hydrogen) atoms. The zero-order valence-corrected chi connectivity index (χ0v) is 22.1. The third kappa shape index (κ3) is 7.77. The molecule has 0 saturated heterocycles. The van der Waals surface area contributed by atoms with E-state index in [0.717, 1.165) is 37.0 Å². The van der Waals surface area contributed by atoms with Crippen molar-refractivity contribution in [3.63, 3.8) is 0 Å². The highest BCUT2D eigenvalue weighted by Crippen LogP contribution is 2.24. The molecule has 2 N–H and O–H groups in total. The molecule has 0 atom stereocenters. The number of nitrogens with one attached hydrogen (secondary N) is 2. The summed E-state index contributed by atoms with van der Waals surface area (Å²) in [6.07, 6.45) is 2.92. The molecule has 0 amide bonds. The Morgan fingerprint density at radius 1 is 1.09 bits per heavy atom. The molecule has 3 rings (SSSR count). The Bertz CT molecular complexity index is 1230. The van der Waals surface area contributed by atoms with Crippen LogP contribution in [-0.2, 0) is 16.6 Å². The molecule has 0 aliphatic heterocycles. The fourth-order valence-corrected chi connectivity index (χ4v) is 3.98. The van der Waals surface area contributed by atoms with E-state index >= 15 is 0 Å². The average Bonchev–Trinajstić information content (AvgIpc) is 3.20. The van der Waals surface area contributed by atoms with Crippen molar-refractivity contribution in [3.05, 3.63) is 41.6 Å². The Kier molecular flexibility index (Phi) is 8.87. The molecule has 192 valence electrons. The summed E-state index contributed by atoms with van der Waals surface area (Å²) < 4.78 is 33.6. The number of ether oxygens (including phenoxy) is 1. The molecule has 2 aromatic heterocycles. The smallest absolute Gasteiger partial charge is 0.321 e. The van der Waals surface area contributed by atoms with Crippen molar-refractivity contribution in [2.24, 2.45) is 0 Å². The quantitative estimate of drug-likeness (QED) is 0.361. The molecule has 1 aromatic carbocycles. The topological polar surface area (TPSA) is 117 Å². The zero-order valence-electron chi connectivity index (χ0n) is 21.3. The first kappa shape index (κ1) is 26.6. The van der Waals surface area contributed by atoms with Gasteiger partial charge < -0.3 is 19.9 Å². The van der Waals surface area contributed by atoms with Gasteiger partial charge in [0.05, 0.1) is 18.1 Å². The van der Waals surface area contributed by atoms with Crippen LogP contribution in [-0.4, -0.2) is 91.4 Å². The lowest BCUT2D eigenvalue weighted by Gasteiger charge is -2.19. The fourth-order valence-electron chi connectivity index (χ4n) is 3.38. The van der Waals surface area contributed by atoms with Crippen molar-refractivity contribution in [1.29, 1.82) is 0 Å². The van der Waals surface area contributed by atoms with Crippen molar-refractivity contribution in [1.82, 2.24) is 29.4 Å². The largest absolute Gasteiger partial charge is 0.462 e. The van der Waals surface area contributed by atoms with Crippen molar-refractivity contribution < 1.29 is 13.2 Å². The van der Waals surface area contributed by atoms with E-state index in [1.54, 1.807) is 22.8 Å². The van der Waals surface area contributed by atoms with E-state index in [-0.39, 0.29) is 11.9 Å². The second-order valence-corrected chi connectivity index (χ2v) is 10.9. The van der Waals surface area contributed by atoms with Gasteiger partial charge in [-0.25, -0.2) is 8.42 Å². The summed E-state index contributed by atoms with van der Waals surface area (Å²) in [5.74, 6) is 0.687. The normalized spacial score (nSPS) is 12.1. The number of aromatic nitrogens is 4. The summed E-state index contributed by atoms with van der Waals surface area (Å²) >= 11 is 0. The maximum atomic E-state index is 11.7. The number of likely N-dealkylation sites (N-methyl/N-ethyl adjacent to an activating group) is 2. The van der Waals surface area contributed by atoms with Crippen molar-refractivity contribution in [3.8, 4) is 6.01 Å². The molecule has 0 saturated carbocycles. The highest BCUT2D eigenvalue weighted by molar-refractivity contribution is 7.92. The lowest BCUT2D eigenvalue weighted by Crippen LogP contribution is -2.31. The van der Waals surface area contributed by atoms with E-state index in [4.69, 9.17) is 4.74 Å². The Morgan fingerprint density at radius 2 is 1.83 bits per heavy atom. The van der Waals surface area contributed by atoms with Gasteiger partial charge in [0, 0.05) is 31.7 Å². The number of hydrogen-bond donors (Lipinski definition) is 2. The van der Waals surface area contributed by atoms with Crippen LogP contribution < -0.4 is 14.8 Å². The summed E-state index contributed by atoms with van der Waals surface area (Å²) in [6.45, 7) is 7.59. The van der Waals surface area contributed by atoms with Gasteiger partial charge in [0.15, 0.2) is 5.65 Å². The molecule has 0 bridgehead atoms. The van der Waals surface area contributed by atoms with Gasteiger partial charge in [-0.05, 0) is 38.7 Å². The van der Waals surface area contributed by atoms with Crippen LogP contribution in [0.4, 0.5) is 11.6 Å². The molecular weight excluding hydrogens is 468 g/mol. The number of para-hydroxylation sites is 1. The van der Waals surface area contributed by atoms with Gasteiger partial charge in [0.2, 0.25) is 16.0 Å². The van der Waals surface area contributed by atoms with Crippen molar-refractivity contribution >= 4 is 27.3 Å². The third-order valence-electron chi connectivity index (χ3n) is 5.38. The fraction of sp³-hybridized carbons (Fsp3) is 0.522. The van der Waals surface area contributed by atoms with Gasteiger partial charge in [-0.1, -0.05) is 32.0 Å². The Balaban J connectivity index is 1.80. The van der Waals surface area contributed by atoms with E-state index in [2.05, 4.69) is 69.9 Å². The van der Waals surface area contributed by atoms with E-state index in [1.807, 2.05) is 12.1 Å². The highest BCUT2D eigenvalue weighted by atomic mass is 32.2. The minimum Gasteiger partial charge on any atom is -0.462 e. The first-order valence-electron chi connectivity index (χ1n) is 11.5. The summed E-state index contributed by atoms with van der Waals surface area (Å²) in [4.78, 5) is 13.5. The monoisotopic (exact) mass is 504 g/mol. The number of sulfonamides is 1. The second kappa shape index (κ2) is 11.6. The standard InChI is InChI=1S/C23H36N8O3S/c1-17(2)19-16-25-31-21(19)26-23(34-14-13-30(5)12-11-29(3)4)27-22(31)24-15-18-9-7-8-10-20(18)28-35(6,32)33/h7-10,16-17,28H,11-15H2,1-6H3,(H,24,26,27). The third-order valence-corrected chi connectivity index (χ3v) is 5.97. The van der Waals surface area contributed by atoms with Gasteiger partial charge >= 0.3 is 6.01 Å². The molecule has 0 aliphatic rings. The van der Waals surface area contributed by atoms with Crippen molar-refractivity contribution in [2.75, 3.05) is 63.7 Å². The SMILES string of the molecule is CC(C)c1cnn2c(NCc3ccccc3NS(C)(=O)=O)nc(OCCN(C)CCN(C)C)nc12. The van der Waals surface area contributed by atoms with E-state index in [0.29, 0.717) is 30.4 Å². The van der Waals surface area contributed by atoms with Gasteiger partial charge in [-0.15, -0.1) is 0 Å². The highest BCUT2D eigenvalue weighted by Gasteiger charge is 2.17. The van der Waals surface area contributed by atoms with Crippen LogP contribution in [0, 0.1) is 0 Å². The molecule has 2 heterocycles. The first-order valence-corrected chi connectivity index (χ1v) is 13.4. The first-order chi connectivity index (χ1) is 16.5. The minimum atomic E-state index is -3.40. The zero-order chi connectivity index (χ0) is 25.6. The number of anilines is 2. The van der Waals surface area contributed by atoms with Crippen LogP contribution in [0.5, 0.6) is 6.01 Å². The summed E-state index contributed by atoms with van der Waals surface area (Å²) in [7, 11) is 2.75. The van der Waals surface area contributed by atoms with Gasteiger partial charge in [0.25, 0.3) is 0 Å². The lowest BCUT2D eigenvalue weighted by atomic mass is 10.1. The molecule has 3 aromatic rings. The van der Waals surface area contributed by atoms with Crippen LogP contribution in [0.25, 0.3) is 5.65 Å². The number of benzene rings is 1.